The molecule has 1 heterocycles. The van der Waals surface area contributed by atoms with Gasteiger partial charge in [0.1, 0.15) is 0 Å². The summed E-state index contributed by atoms with van der Waals surface area (Å²) in [5.74, 6) is 0.657. The molecule has 1 N–H and O–H groups in total. The van der Waals surface area contributed by atoms with Crippen molar-refractivity contribution in [3.8, 4) is 11.4 Å². The van der Waals surface area contributed by atoms with E-state index in [1.165, 1.54) is 0 Å². The molecule has 0 bridgehead atoms. The summed E-state index contributed by atoms with van der Waals surface area (Å²) in [6.45, 7) is 0. The highest BCUT2D eigenvalue weighted by atomic mass is 32.1. The Kier molecular flexibility index (Phi) is 1.71. The molecule has 1 radical (unpaired) electrons. The van der Waals surface area contributed by atoms with Crippen molar-refractivity contribution in [3.63, 3.8) is 0 Å². The Balaban J connectivity index is 2.43. The average molecular weight is 177 g/mol. The maximum atomic E-state index is 4.94. The fourth-order valence-corrected chi connectivity index (χ4v) is 1.03. The van der Waals surface area contributed by atoms with Crippen molar-refractivity contribution in [1.29, 1.82) is 0 Å². The Morgan fingerprint density at radius 3 is 2.50 bits per heavy atom. The second kappa shape index (κ2) is 2.86. The molecule has 0 fully saturated rings. The van der Waals surface area contributed by atoms with E-state index in [0.717, 1.165) is 10.5 Å². The van der Waals surface area contributed by atoms with Crippen LogP contribution in [0.1, 0.15) is 0 Å². The van der Waals surface area contributed by atoms with Crippen LogP contribution in [0, 0.1) is 0 Å². The minimum atomic E-state index is 0.657. The highest BCUT2D eigenvalue weighted by Crippen LogP contribution is 2.15. The third kappa shape index (κ3) is 1.26. The second-order valence-electron chi connectivity index (χ2n) is 2.27. The zero-order valence-corrected chi connectivity index (χ0v) is 6.88. The van der Waals surface area contributed by atoms with E-state index in [2.05, 4.69) is 20.6 Å². The van der Waals surface area contributed by atoms with E-state index in [9.17, 15) is 0 Å². The molecule has 0 spiro atoms. The summed E-state index contributed by atoms with van der Waals surface area (Å²) in [5, 5.41) is 13.4. The molecule has 1 aromatic heterocycles. The first-order chi connectivity index (χ1) is 5.86. The van der Waals surface area contributed by atoms with Crippen LogP contribution in [-0.4, -0.2) is 20.6 Å². The minimum absolute atomic E-state index is 0.657. The molecule has 1 aromatic carbocycles. The fraction of sp³-hybridized carbons (Fsp3) is 0. The fourth-order valence-electron chi connectivity index (χ4n) is 0.894. The van der Waals surface area contributed by atoms with E-state index in [1.807, 2.05) is 24.3 Å². The van der Waals surface area contributed by atoms with Crippen molar-refractivity contribution < 1.29 is 0 Å². The largest absolute Gasteiger partial charge is 0.239 e. The summed E-state index contributed by atoms with van der Waals surface area (Å²) in [6.07, 6.45) is 0. The molecule has 0 atom stereocenters. The lowest BCUT2D eigenvalue weighted by atomic mass is 10.2. The van der Waals surface area contributed by atoms with Gasteiger partial charge in [-0.3, -0.25) is 0 Å². The van der Waals surface area contributed by atoms with Gasteiger partial charge in [-0.25, -0.2) is 5.10 Å². The molecule has 12 heavy (non-hydrogen) atoms. The van der Waals surface area contributed by atoms with Gasteiger partial charge in [0.15, 0.2) is 5.82 Å². The Hall–Kier alpha value is -1.49. The number of rotatable bonds is 1. The van der Waals surface area contributed by atoms with Gasteiger partial charge in [-0.05, 0) is 34.7 Å². The minimum Gasteiger partial charge on any atom is -0.239 e. The van der Waals surface area contributed by atoms with Crippen molar-refractivity contribution in [3.05, 3.63) is 24.3 Å². The van der Waals surface area contributed by atoms with Gasteiger partial charge in [0, 0.05) is 10.5 Å². The highest BCUT2D eigenvalue weighted by Gasteiger charge is 1.99. The van der Waals surface area contributed by atoms with Gasteiger partial charge >= 0.3 is 0 Å². The standard InChI is InChI=1S/C7H5N4S/c12-6-3-1-5(2-4-6)7-8-10-11-9-7/h1-4H,(H,8,9,10,11). The lowest BCUT2D eigenvalue weighted by molar-refractivity contribution is 0.881. The number of aromatic amines is 1. The predicted molar refractivity (Wildman–Crippen MR) is 45.5 cm³/mol. The van der Waals surface area contributed by atoms with Crippen molar-refractivity contribution in [2.24, 2.45) is 0 Å². The van der Waals surface area contributed by atoms with Crippen LogP contribution in [0.25, 0.3) is 11.4 Å². The molecule has 0 amide bonds. The highest BCUT2D eigenvalue weighted by molar-refractivity contribution is 7.80. The molecule has 5 heteroatoms. The third-order valence-electron chi connectivity index (χ3n) is 1.47. The molecule has 0 aliphatic heterocycles. The Labute approximate surface area is 74.4 Å². The van der Waals surface area contributed by atoms with E-state index in [-0.39, 0.29) is 0 Å². The molecule has 0 saturated carbocycles. The molecule has 4 nitrogen and oxygen atoms in total. The molecule has 2 aromatic rings. The predicted octanol–water partition coefficient (Wildman–Crippen LogP) is 1.42. The Bertz CT molecular complexity index is 353. The maximum absolute atomic E-state index is 4.94. The van der Waals surface area contributed by atoms with Gasteiger partial charge in [0.25, 0.3) is 0 Å². The SMILES string of the molecule is [S]c1ccc(-c2nnn[nH]2)cc1. The van der Waals surface area contributed by atoms with Crippen LogP contribution < -0.4 is 0 Å². The molecule has 59 valence electrons. The smallest absolute Gasteiger partial charge is 0.179 e. The molecule has 2 rings (SSSR count). The van der Waals surface area contributed by atoms with Crippen molar-refractivity contribution in [1.82, 2.24) is 20.6 Å². The molecule has 0 unspecified atom stereocenters. The zero-order valence-electron chi connectivity index (χ0n) is 6.06. The summed E-state index contributed by atoms with van der Waals surface area (Å²) in [5.41, 5.74) is 0.939. The number of aromatic nitrogens is 4. The van der Waals surface area contributed by atoms with Gasteiger partial charge in [0.05, 0.1) is 0 Å². The number of hydrogen-bond donors (Lipinski definition) is 1. The average Bonchev–Trinajstić information content (AvgIpc) is 2.58. The third-order valence-corrected chi connectivity index (χ3v) is 1.75. The van der Waals surface area contributed by atoms with Crippen LogP contribution in [0.5, 0.6) is 0 Å². The number of nitrogens with one attached hydrogen (secondary N) is 1. The Morgan fingerprint density at radius 2 is 1.92 bits per heavy atom. The number of hydrogen-bond acceptors (Lipinski definition) is 3. The summed E-state index contributed by atoms with van der Waals surface area (Å²) >= 11 is 4.94. The van der Waals surface area contributed by atoms with Gasteiger partial charge < -0.3 is 0 Å². The molecular weight excluding hydrogens is 172 g/mol. The van der Waals surface area contributed by atoms with E-state index in [4.69, 9.17) is 12.6 Å². The van der Waals surface area contributed by atoms with Crippen molar-refractivity contribution >= 4 is 12.6 Å². The number of H-pyrrole nitrogens is 1. The van der Waals surface area contributed by atoms with Crippen LogP contribution >= 0.6 is 12.6 Å². The number of benzene rings is 1. The maximum Gasteiger partial charge on any atom is 0.179 e. The van der Waals surface area contributed by atoms with E-state index >= 15 is 0 Å². The number of tetrazole rings is 1. The first-order valence-electron chi connectivity index (χ1n) is 3.37. The van der Waals surface area contributed by atoms with E-state index in [1.54, 1.807) is 0 Å². The molecular formula is C7H5N4S. The molecule has 0 saturated heterocycles. The summed E-state index contributed by atoms with van der Waals surface area (Å²) in [4.78, 5) is 0.811. The summed E-state index contributed by atoms with van der Waals surface area (Å²) < 4.78 is 0. The van der Waals surface area contributed by atoms with Crippen LogP contribution in [-0.2, 0) is 0 Å². The molecule has 0 aliphatic carbocycles. The van der Waals surface area contributed by atoms with E-state index in [0.29, 0.717) is 5.82 Å². The number of nitrogens with zero attached hydrogens (tertiary/aromatic N) is 3. The van der Waals surface area contributed by atoms with Crippen molar-refractivity contribution in [2.75, 3.05) is 0 Å². The van der Waals surface area contributed by atoms with Gasteiger partial charge in [-0.2, -0.15) is 0 Å². The van der Waals surface area contributed by atoms with Crippen molar-refractivity contribution in [2.45, 2.75) is 4.90 Å². The zero-order chi connectivity index (χ0) is 8.39. The topological polar surface area (TPSA) is 54.5 Å². The van der Waals surface area contributed by atoms with Crippen LogP contribution in [0.2, 0.25) is 0 Å². The monoisotopic (exact) mass is 177 g/mol. The quantitative estimate of drug-likeness (QED) is 0.716. The van der Waals surface area contributed by atoms with Crippen LogP contribution in [0.3, 0.4) is 0 Å². The van der Waals surface area contributed by atoms with Gasteiger partial charge in [-0.1, -0.05) is 12.6 Å². The van der Waals surface area contributed by atoms with Crippen LogP contribution in [0.15, 0.2) is 29.2 Å². The normalized spacial score (nSPS) is 10.0. The van der Waals surface area contributed by atoms with Gasteiger partial charge in [-0.15, -0.1) is 5.10 Å². The molecule has 0 aliphatic rings. The first kappa shape index (κ1) is 7.17. The van der Waals surface area contributed by atoms with Crippen LogP contribution in [0.4, 0.5) is 0 Å². The second-order valence-corrected chi connectivity index (χ2v) is 2.75. The summed E-state index contributed by atoms with van der Waals surface area (Å²) in [7, 11) is 0. The lowest BCUT2D eigenvalue weighted by Crippen LogP contribution is -1.79. The lowest BCUT2D eigenvalue weighted by Gasteiger charge is -1.93. The van der Waals surface area contributed by atoms with E-state index < -0.39 is 0 Å². The first-order valence-corrected chi connectivity index (χ1v) is 3.78. The summed E-state index contributed by atoms with van der Waals surface area (Å²) in [6, 6.07) is 7.44. The Morgan fingerprint density at radius 1 is 1.17 bits per heavy atom. The van der Waals surface area contributed by atoms with Gasteiger partial charge in [0.2, 0.25) is 0 Å².